The van der Waals surface area contributed by atoms with Gasteiger partial charge in [0.05, 0.1) is 13.2 Å². The van der Waals surface area contributed by atoms with Gasteiger partial charge >= 0.3 is 0 Å². The fraction of sp³-hybridized carbons (Fsp3) is 0.444. The summed E-state index contributed by atoms with van der Waals surface area (Å²) >= 11 is 0. The Morgan fingerprint density at radius 1 is 0.727 bits per heavy atom. The highest BCUT2D eigenvalue weighted by atomic mass is 16.7. The maximum absolute atomic E-state index is 12.6. The lowest BCUT2D eigenvalue weighted by Gasteiger charge is -2.45. The molecule has 17 nitrogen and oxygen atoms in total. The minimum absolute atomic E-state index is 0.0412. The van der Waals surface area contributed by atoms with Gasteiger partial charge in [0.1, 0.15) is 71.3 Å². The predicted molar refractivity (Wildman–Crippen MR) is 142 cm³/mol. The van der Waals surface area contributed by atoms with E-state index in [9.17, 15) is 61.0 Å². The van der Waals surface area contributed by atoms with Crippen molar-refractivity contribution in [3.63, 3.8) is 0 Å². The highest BCUT2D eigenvalue weighted by Gasteiger charge is 2.51. The molecule has 10 atom stereocenters. The Bertz CT molecular complexity index is 1550. The first-order valence-electron chi connectivity index (χ1n) is 13.2. The number of phenols is 3. The van der Waals surface area contributed by atoms with E-state index in [1.54, 1.807) is 0 Å². The van der Waals surface area contributed by atoms with Crippen molar-refractivity contribution in [2.75, 3.05) is 13.2 Å². The quantitative estimate of drug-likeness (QED) is 0.127. The average Bonchev–Trinajstić information content (AvgIpc) is 2.99. The normalized spacial score (nSPS) is 32.5. The summed E-state index contributed by atoms with van der Waals surface area (Å²) in [7, 11) is 0. The number of hydrogen-bond acceptors (Lipinski definition) is 17. The smallest absolute Gasteiger partial charge is 0.238 e. The van der Waals surface area contributed by atoms with Crippen molar-refractivity contribution < 1.29 is 79.5 Å². The van der Waals surface area contributed by atoms with Crippen LogP contribution in [0.15, 0.2) is 39.5 Å². The van der Waals surface area contributed by atoms with E-state index in [2.05, 4.69) is 0 Å². The van der Waals surface area contributed by atoms with Crippen LogP contribution in [0.25, 0.3) is 22.3 Å². The number of ether oxygens (including phenoxy) is 4. The summed E-state index contributed by atoms with van der Waals surface area (Å²) in [5.74, 6) is -3.32. The third-order valence-electron chi connectivity index (χ3n) is 7.36. The van der Waals surface area contributed by atoms with E-state index in [0.29, 0.717) is 0 Å². The van der Waals surface area contributed by atoms with Crippen molar-refractivity contribution in [3.05, 3.63) is 40.6 Å². The van der Waals surface area contributed by atoms with E-state index in [-0.39, 0.29) is 22.3 Å². The van der Waals surface area contributed by atoms with Crippen molar-refractivity contribution in [2.45, 2.75) is 61.4 Å². The number of phenolic OH excluding ortho intramolecular Hbond substituents is 3. The van der Waals surface area contributed by atoms with Gasteiger partial charge in [-0.05, 0) is 18.2 Å². The fourth-order valence-corrected chi connectivity index (χ4v) is 5.01. The monoisotopic (exact) mass is 626 g/mol. The molecule has 1 aromatic heterocycles. The molecule has 2 aromatic carbocycles. The van der Waals surface area contributed by atoms with Crippen LogP contribution in [0.1, 0.15) is 0 Å². The maximum atomic E-state index is 12.6. The molecule has 3 aromatic rings. The van der Waals surface area contributed by atoms with Crippen LogP contribution in [0, 0.1) is 0 Å². The first-order chi connectivity index (χ1) is 20.9. The van der Waals surface area contributed by atoms with Gasteiger partial charge in [0, 0.05) is 17.7 Å². The summed E-state index contributed by atoms with van der Waals surface area (Å²) in [6.45, 7) is -1.57. The Morgan fingerprint density at radius 3 is 2.05 bits per heavy atom. The zero-order chi connectivity index (χ0) is 32.0. The van der Waals surface area contributed by atoms with E-state index in [0.717, 1.165) is 24.3 Å². The lowest BCUT2D eigenvalue weighted by molar-refractivity contribution is -0.352. The second-order valence-corrected chi connectivity index (χ2v) is 10.3. The van der Waals surface area contributed by atoms with Crippen LogP contribution >= 0.6 is 0 Å². The molecule has 3 heterocycles. The molecule has 0 radical (unpaired) electrons. The molecule has 2 aliphatic heterocycles. The van der Waals surface area contributed by atoms with Crippen molar-refractivity contribution in [1.29, 1.82) is 0 Å². The first-order valence-corrected chi connectivity index (χ1v) is 13.2. The Hall–Kier alpha value is -3.75. The zero-order valence-electron chi connectivity index (χ0n) is 22.4. The summed E-state index contributed by atoms with van der Waals surface area (Å²) in [5.41, 5.74) is -1.31. The highest BCUT2D eigenvalue weighted by molar-refractivity contribution is 5.88. The SMILES string of the molecule is O=c1c(O)c(-c2ccc(O[C@@H]3O[C@H](CO)[C@@H](O[C@@H]4O[C@H](CO)[C@H](O)[C@H](O)[C@H]4O)[C@H](O)[C@H]3O)c(O)c2)oc2cc(O)cc(O)c12. The fourth-order valence-electron chi connectivity index (χ4n) is 5.01. The number of aromatic hydroxyl groups is 4. The summed E-state index contributed by atoms with van der Waals surface area (Å²) < 4.78 is 27.3. The molecule has 2 aliphatic rings. The van der Waals surface area contributed by atoms with Gasteiger partial charge in [-0.2, -0.15) is 0 Å². The molecule has 2 saturated heterocycles. The molecule has 2 fully saturated rings. The van der Waals surface area contributed by atoms with Gasteiger partial charge in [0.25, 0.3) is 0 Å². The van der Waals surface area contributed by atoms with Gasteiger partial charge in [-0.25, -0.2) is 0 Å². The van der Waals surface area contributed by atoms with Crippen molar-refractivity contribution >= 4 is 11.0 Å². The second-order valence-electron chi connectivity index (χ2n) is 10.3. The van der Waals surface area contributed by atoms with Crippen LogP contribution in [0.2, 0.25) is 0 Å². The molecule has 5 rings (SSSR count). The molecule has 0 unspecified atom stereocenters. The topological polar surface area (TPSA) is 290 Å². The van der Waals surface area contributed by atoms with Crippen molar-refractivity contribution in [3.8, 4) is 40.1 Å². The first kappa shape index (κ1) is 31.7. The Labute approximate surface area is 246 Å². The van der Waals surface area contributed by atoms with Crippen LogP contribution in [-0.2, 0) is 14.2 Å². The van der Waals surface area contributed by atoms with Gasteiger partial charge in [0.15, 0.2) is 23.5 Å². The van der Waals surface area contributed by atoms with E-state index in [4.69, 9.17) is 23.4 Å². The van der Waals surface area contributed by atoms with Gasteiger partial charge in [-0.1, -0.05) is 0 Å². The summed E-state index contributed by atoms with van der Waals surface area (Å²) in [4.78, 5) is 12.6. The maximum Gasteiger partial charge on any atom is 0.238 e. The third kappa shape index (κ3) is 5.61. The molecule has 0 aliphatic carbocycles. The largest absolute Gasteiger partial charge is 0.508 e. The minimum Gasteiger partial charge on any atom is -0.508 e. The second kappa shape index (κ2) is 12.3. The molecule has 0 spiro atoms. The van der Waals surface area contributed by atoms with Crippen LogP contribution in [0.3, 0.4) is 0 Å². The van der Waals surface area contributed by atoms with Crippen molar-refractivity contribution in [2.24, 2.45) is 0 Å². The molecule has 44 heavy (non-hydrogen) atoms. The summed E-state index contributed by atoms with van der Waals surface area (Å²) in [6, 6.07) is 5.32. The van der Waals surface area contributed by atoms with E-state index >= 15 is 0 Å². The highest BCUT2D eigenvalue weighted by Crippen LogP contribution is 2.39. The molecule has 240 valence electrons. The molecule has 17 heteroatoms. The predicted octanol–water partition coefficient (Wildman–Crippen LogP) is -2.71. The zero-order valence-corrected chi connectivity index (χ0v) is 22.4. The number of aliphatic hydroxyl groups excluding tert-OH is 7. The van der Waals surface area contributed by atoms with Gasteiger partial charge < -0.3 is 79.5 Å². The van der Waals surface area contributed by atoms with Crippen LogP contribution in [0.4, 0.5) is 0 Å². The molecule has 0 bridgehead atoms. The summed E-state index contributed by atoms with van der Waals surface area (Å²) in [5, 5.41) is 111. The number of rotatable bonds is 7. The number of aliphatic hydroxyl groups is 7. The number of fused-ring (bicyclic) bond motifs is 1. The molecule has 0 saturated carbocycles. The molecule has 11 N–H and O–H groups in total. The van der Waals surface area contributed by atoms with Gasteiger partial charge in [-0.15, -0.1) is 0 Å². The van der Waals surface area contributed by atoms with Crippen LogP contribution in [-0.4, -0.2) is 131 Å². The number of benzene rings is 2. The molecular weight excluding hydrogens is 596 g/mol. The molecule has 0 amide bonds. The lowest BCUT2D eigenvalue weighted by atomic mass is 9.97. The Balaban J connectivity index is 1.35. The van der Waals surface area contributed by atoms with E-state index in [1.165, 1.54) is 6.07 Å². The van der Waals surface area contributed by atoms with Crippen LogP contribution in [0.5, 0.6) is 28.7 Å². The average molecular weight is 627 g/mol. The van der Waals surface area contributed by atoms with Gasteiger partial charge in [0.2, 0.25) is 17.5 Å². The standard InChI is InChI=1S/C27H30O17/c28-6-14-17(33)19(35)22(38)27(42-14)44-25-15(7-29)43-26(23(39)21(25)37)41-12-2-1-8(3-10(12)31)24-20(36)18(34)16-11(32)4-9(30)5-13(16)40-24/h1-5,14-15,17,19,21-23,25-33,35-39H,6-7H2/t14-,15-,17+,19+,21-,22-,23-,25-,26-,27+/m1/s1. The van der Waals surface area contributed by atoms with E-state index in [1.807, 2.05) is 0 Å². The molecular formula is C27H30O17. The van der Waals surface area contributed by atoms with Crippen molar-refractivity contribution in [1.82, 2.24) is 0 Å². The Morgan fingerprint density at radius 2 is 1.39 bits per heavy atom. The van der Waals surface area contributed by atoms with Crippen LogP contribution < -0.4 is 10.2 Å². The minimum atomic E-state index is -1.89. The lowest BCUT2D eigenvalue weighted by Crippen LogP contribution is -2.65. The third-order valence-corrected chi connectivity index (χ3v) is 7.36. The Kier molecular flexibility index (Phi) is 8.87. The van der Waals surface area contributed by atoms with E-state index < -0.39 is 109 Å². The van der Waals surface area contributed by atoms with Gasteiger partial charge in [-0.3, -0.25) is 4.79 Å². The summed E-state index contributed by atoms with van der Waals surface area (Å²) in [6.07, 6.45) is -16.8. The number of hydrogen-bond donors (Lipinski definition) is 11.